The van der Waals surface area contributed by atoms with Gasteiger partial charge >= 0.3 is 5.97 Å². The maximum atomic E-state index is 14.5. The van der Waals surface area contributed by atoms with Gasteiger partial charge in [-0.15, -0.1) is 0 Å². The van der Waals surface area contributed by atoms with Crippen molar-refractivity contribution >= 4 is 76.2 Å². The molecule has 1 saturated carbocycles. The highest BCUT2D eigenvalue weighted by atomic mass is 16.5. The third-order valence-corrected chi connectivity index (χ3v) is 18.0. The molecule has 486 valence electrons. The van der Waals surface area contributed by atoms with Crippen LogP contribution in [0.4, 0.5) is 0 Å². The van der Waals surface area contributed by atoms with Gasteiger partial charge in [0, 0.05) is 62.2 Å². The predicted molar refractivity (Wildman–Crippen MR) is 322 cm³/mol. The first-order chi connectivity index (χ1) is 41.0. The Morgan fingerprint density at radius 2 is 1.23 bits per heavy atom. The Labute approximate surface area is 512 Å². The molecule has 2 unspecified atom stereocenters. The maximum absolute atomic E-state index is 14.5. The van der Waals surface area contributed by atoms with E-state index in [4.69, 9.17) is 10.5 Å². The van der Waals surface area contributed by atoms with Gasteiger partial charge in [0.1, 0.15) is 29.5 Å². The molecule has 1 saturated heterocycles. The lowest BCUT2D eigenvalue weighted by atomic mass is 9.83. The second-order valence-electron chi connectivity index (χ2n) is 24.7. The topological polar surface area (TPSA) is 370 Å². The molecule has 0 radical (unpaired) electrons. The second-order valence-corrected chi connectivity index (χ2v) is 24.7. The molecule has 1 aromatic rings. The van der Waals surface area contributed by atoms with Crippen molar-refractivity contribution in [2.45, 2.75) is 215 Å². The molecule has 23 nitrogen and oxygen atoms in total. The van der Waals surface area contributed by atoms with Gasteiger partial charge in [-0.25, -0.2) is 4.79 Å². The quantitative estimate of drug-likeness (QED) is 0.0441. The monoisotopic (exact) mass is 1220 g/mol. The van der Waals surface area contributed by atoms with E-state index >= 15 is 0 Å². The Hall–Kier alpha value is -6.75. The Balaban J connectivity index is 1.85. The highest BCUT2D eigenvalue weighted by molar-refractivity contribution is 6.01. The molecule has 1 aliphatic heterocycles. The SMILES string of the molecule is CC[C@H](Cc1ccccc1)C(=O)N[C@H](C(=O)C[C@@H](CO)C(=O)N[C@H](CCC(N)=O)C(=O)C[C@@H](C(=O)N[C@H](C(=O)C[C@@H](CO)C(=O)N[C@H]1C(=O)C[C@@H](C)C(=O)NC2(CC2CC(C)=O)C(=O)N[C@@H]([C@@H](C)CC)C(=O)O[C@H]1C)[C@@H](C)CC)[C@@H](C)CC)[C@@H](C)CC. The Morgan fingerprint density at radius 3 is 1.74 bits per heavy atom. The number of Topliss-reactive ketones (excluding diaryl/α,β-unsaturated/α-hetero) is 5. The van der Waals surface area contributed by atoms with Gasteiger partial charge in [-0.1, -0.05) is 125 Å². The van der Waals surface area contributed by atoms with Crippen molar-refractivity contribution in [1.29, 1.82) is 0 Å². The van der Waals surface area contributed by atoms with Crippen LogP contribution < -0.4 is 37.6 Å². The lowest BCUT2D eigenvalue weighted by Gasteiger charge is -2.30. The average molecular weight is 1220 g/mol. The number of hydrogen-bond donors (Lipinski definition) is 9. The largest absolute Gasteiger partial charge is 0.458 e. The average Bonchev–Trinajstić information content (AvgIpc) is 1.74. The zero-order chi connectivity index (χ0) is 65.6. The van der Waals surface area contributed by atoms with Crippen molar-refractivity contribution in [1.82, 2.24) is 31.9 Å². The van der Waals surface area contributed by atoms with Crippen LogP contribution in [0.2, 0.25) is 0 Å². The van der Waals surface area contributed by atoms with E-state index in [0.717, 1.165) is 5.56 Å². The first-order valence-corrected chi connectivity index (χ1v) is 31.2. The molecule has 0 aromatic heterocycles. The summed E-state index contributed by atoms with van der Waals surface area (Å²) in [5.41, 5.74) is 4.92. The summed E-state index contributed by atoms with van der Waals surface area (Å²) in [6, 6.07) is 2.82. The molecule has 1 spiro atoms. The molecule has 10 N–H and O–H groups in total. The summed E-state index contributed by atoms with van der Waals surface area (Å²) >= 11 is 0. The fourth-order valence-electron chi connectivity index (χ4n) is 11.0. The number of ether oxygens (including phenoxy) is 1. The fraction of sp³-hybridized carbons (Fsp3) is 0.703. The summed E-state index contributed by atoms with van der Waals surface area (Å²) in [5.74, 6) is -17.1. The highest BCUT2D eigenvalue weighted by Gasteiger charge is 2.62. The van der Waals surface area contributed by atoms with E-state index in [9.17, 15) is 72.5 Å². The summed E-state index contributed by atoms with van der Waals surface area (Å²) in [4.78, 5) is 179. The number of hydrogen-bond acceptors (Lipinski definition) is 16. The molecule has 0 bridgehead atoms. The number of amides is 7. The van der Waals surface area contributed by atoms with Crippen molar-refractivity contribution in [3.05, 3.63) is 35.9 Å². The van der Waals surface area contributed by atoms with Gasteiger partial charge in [-0.3, -0.25) is 52.7 Å². The molecular formula is C64H99N7O16. The molecule has 7 amide bonds. The molecular weight excluding hydrogens is 1120 g/mol. The molecule has 1 aliphatic carbocycles. The molecule has 1 heterocycles. The molecule has 23 heteroatoms. The van der Waals surface area contributed by atoms with Gasteiger partial charge in [-0.2, -0.15) is 0 Å². The summed E-state index contributed by atoms with van der Waals surface area (Å²) in [6.07, 6.45) is -1.67. The Bertz CT molecular complexity index is 2600. The minimum absolute atomic E-state index is 0.0188. The minimum atomic E-state index is -1.62. The number of aliphatic hydroxyl groups excluding tert-OH is 2. The van der Waals surface area contributed by atoms with Crippen LogP contribution in [0.5, 0.6) is 0 Å². The van der Waals surface area contributed by atoms with Gasteiger partial charge < -0.3 is 57.4 Å². The van der Waals surface area contributed by atoms with Crippen LogP contribution in [0.15, 0.2) is 30.3 Å². The fourth-order valence-corrected chi connectivity index (χ4v) is 11.0. The van der Waals surface area contributed by atoms with Gasteiger partial charge in [-0.05, 0) is 68.8 Å². The van der Waals surface area contributed by atoms with E-state index in [-0.39, 0.29) is 43.3 Å². The number of benzene rings is 1. The lowest BCUT2D eigenvalue weighted by molar-refractivity contribution is -0.157. The molecule has 1 aromatic carbocycles. The van der Waals surface area contributed by atoms with E-state index in [1.807, 2.05) is 44.2 Å². The number of ketones is 5. The van der Waals surface area contributed by atoms with Crippen molar-refractivity contribution in [2.75, 3.05) is 13.2 Å². The number of aliphatic hydroxyl groups is 2. The number of rotatable bonds is 35. The smallest absolute Gasteiger partial charge is 0.329 e. The van der Waals surface area contributed by atoms with Crippen LogP contribution in [0.25, 0.3) is 0 Å². The third kappa shape index (κ3) is 21.5. The highest BCUT2D eigenvalue weighted by Crippen LogP contribution is 2.47. The van der Waals surface area contributed by atoms with E-state index in [2.05, 4.69) is 31.9 Å². The van der Waals surface area contributed by atoms with Crippen LogP contribution in [-0.4, -0.2) is 142 Å². The number of cyclic esters (lactones) is 1. The summed E-state index contributed by atoms with van der Waals surface area (Å²) in [7, 11) is 0. The van der Waals surface area contributed by atoms with Gasteiger partial charge in [0.05, 0.1) is 43.2 Å². The predicted octanol–water partition coefficient (Wildman–Crippen LogP) is 3.23. The molecule has 3 rings (SSSR count). The van der Waals surface area contributed by atoms with Crippen LogP contribution >= 0.6 is 0 Å². The van der Waals surface area contributed by atoms with Crippen LogP contribution in [-0.2, 0) is 73.5 Å². The van der Waals surface area contributed by atoms with E-state index in [1.54, 1.807) is 48.5 Å². The molecule has 17 atom stereocenters. The number of esters is 1. The summed E-state index contributed by atoms with van der Waals surface area (Å²) < 4.78 is 5.79. The number of nitrogens with two attached hydrogens (primary N) is 1. The molecule has 87 heavy (non-hydrogen) atoms. The standard InChI is InChI=1S/C64H99N7O16/c1-13-34(6)46(30-48(75)47(23-24-52(65)79)66-59(82)43(32-72)28-50(77)53(35(7)14-2)67-58(81)42(17-5)27-41-21-19-18-20-22-41)61(84)68-54(36(8)15-3)51(78)29-44(33-73)60(83)69-56-40(12)87-62(85)55(37(9)16-4)70-63(86)64(31-45(64)26-39(11)74)71-57(80)38(10)25-49(56)76/h18-22,34-38,40,42-47,53-56,72-73H,13-17,23-33H2,1-12H3,(H2,65,79)(H,66,82)(H,67,81)(H,68,84)(H,69,83)(H,70,86)(H,71,80)/t34-,35-,36-,37-,38+,40-,42+,43-,44-,45?,46+,47+,53-,54-,55-,56+,64?/m0/s1. The van der Waals surface area contributed by atoms with Gasteiger partial charge in [0.15, 0.2) is 23.1 Å². The number of carbonyl (C=O) groups excluding carboxylic acids is 13. The van der Waals surface area contributed by atoms with E-state index < -0.39 is 199 Å². The van der Waals surface area contributed by atoms with Crippen LogP contribution in [0, 0.1) is 59.2 Å². The molecule has 2 fully saturated rings. The third-order valence-electron chi connectivity index (χ3n) is 18.0. The number of primary amides is 1. The van der Waals surface area contributed by atoms with Gasteiger partial charge in [0.25, 0.3) is 0 Å². The van der Waals surface area contributed by atoms with E-state index in [0.29, 0.717) is 38.5 Å². The number of nitrogens with one attached hydrogen (secondary N) is 6. The minimum Gasteiger partial charge on any atom is -0.458 e. The summed E-state index contributed by atoms with van der Waals surface area (Å²) in [6.45, 7) is 18.3. The normalized spacial score (nSPS) is 23.6. The zero-order valence-corrected chi connectivity index (χ0v) is 53.1. The molecule has 2 aliphatic rings. The van der Waals surface area contributed by atoms with Crippen LogP contribution in [0.1, 0.15) is 172 Å². The zero-order valence-electron chi connectivity index (χ0n) is 53.1. The van der Waals surface area contributed by atoms with Crippen molar-refractivity contribution in [3.8, 4) is 0 Å². The Morgan fingerprint density at radius 1 is 0.690 bits per heavy atom. The first-order valence-electron chi connectivity index (χ1n) is 31.2. The van der Waals surface area contributed by atoms with E-state index in [1.165, 1.54) is 20.8 Å². The Kier molecular flexibility index (Phi) is 30.2. The van der Waals surface area contributed by atoms with Crippen molar-refractivity contribution in [3.63, 3.8) is 0 Å². The second kappa shape index (κ2) is 35.3. The van der Waals surface area contributed by atoms with Gasteiger partial charge in [0.2, 0.25) is 41.4 Å². The summed E-state index contributed by atoms with van der Waals surface area (Å²) in [5, 5.41) is 37.4. The van der Waals surface area contributed by atoms with Crippen molar-refractivity contribution < 1.29 is 77.3 Å². The maximum Gasteiger partial charge on any atom is 0.329 e. The number of carbonyl (C=O) groups is 13. The first kappa shape index (κ1) is 74.5. The van der Waals surface area contributed by atoms with Crippen molar-refractivity contribution in [2.24, 2.45) is 64.9 Å². The van der Waals surface area contributed by atoms with Crippen LogP contribution in [0.3, 0.4) is 0 Å². The lowest BCUT2D eigenvalue weighted by Crippen LogP contribution is -2.57.